The van der Waals surface area contributed by atoms with Crippen LogP contribution in [-0.2, 0) is 17.5 Å². The lowest BCUT2D eigenvalue weighted by Gasteiger charge is -2.09. The number of ether oxygens (including phenoxy) is 1. The zero-order valence-corrected chi connectivity index (χ0v) is 10.6. The van der Waals surface area contributed by atoms with Crippen LogP contribution in [0, 0.1) is 0 Å². The normalized spacial score (nSPS) is 11.6. The van der Waals surface area contributed by atoms with Crippen LogP contribution in [0.3, 0.4) is 0 Å². The summed E-state index contributed by atoms with van der Waals surface area (Å²) in [5.41, 5.74) is -1.64. The van der Waals surface area contributed by atoms with Crippen molar-refractivity contribution in [2.75, 3.05) is 7.11 Å². The van der Waals surface area contributed by atoms with Gasteiger partial charge in [0.05, 0.1) is 0 Å². The first-order valence-electron chi connectivity index (χ1n) is 5.54. The maximum atomic E-state index is 12.7. The van der Waals surface area contributed by atoms with Gasteiger partial charge >= 0.3 is 12.1 Å². The highest BCUT2D eigenvalue weighted by Crippen LogP contribution is 2.29. The molecule has 0 bridgehead atoms. The number of rotatable bonds is 4. The van der Waals surface area contributed by atoms with Crippen molar-refractivity contribution in [2.45, 2.75) is 12.8 Å². The summed E-state index contributed by atoms with van der Waals surface area (Å²) in [6, 6.07) is 1.42. The molecule has 0 aromatic carbocycles. The Labute approximate surface area is 116 Å². The topological polar surface area (TPSA) is 90.1 Å². The fourth-order valence-corrected chi connectivity index (χ4v) is 1.54. The molecule has 2 aromatic rings. The number of carboxylic acids is 1. The average Bonchev–Trinajstić information content (AvgIpc) is 2.86. The molecule has 0 spiro atoms. The van der Waals surface area contributed by atoms with E-state index >= 15 is 0 Å². The second-order valence-corrected chi connectivity index (χ2v) is 3.91. The summed E-state index contributed by atoms with van der Waals surface area (Å²) in [5.74, 6) is -1.70. The maximum absolute atomic E-state index is 12.7. The van der Waals surface area contributed by atoms with E-state index in [1.54, 1.807) is 0 Å². The van der Waals surface area contributed by atoms with Gasteiger partial charge in [0.15, 0.2) is 11.6 Å². The fraction of sp³-hybridized carbons (Fsp3) is 0.273. The van der Waals surface area contributed by atoms with Gasteiger partial charge in [-0.25, -0.2) is 19.4 Å². The molecular formula is C11H9F3N4O3. The lowest BCUT2D eigenvalue weighted by atomic mass is 10.2. The van der Waals surface area contributed by atoms with Crippen LogP contribution in [0.4, 0.5) is 13.2 Å². The van der Waals surface area contributed by atoms with E-state index < -0.39 is 29.2 Å². The molecule has 0 saturated carbocycles. The van der Waals surface area contributed by atoms with Gasteiger partial charge in [-0.15, -0.1) is 5.10 Å². The lowest BCUT2D eigenvalue weighted by molar-refractivity contribution is -0.141. The van der Waals surface area contributed by atoms with Crippen LogP contribution in [0.2, 0.25) is 0 Å². The van der Waals surface area contributed by atoms with Crippen LogP contribution in [0.15, 0.2) is 18.5 Å². The van der Waals surface area contributed by atoms with Crippen molar-refractivity contribution in [1.82, 2.24) is 19.7 Å². The molecule has 0 atom stereocenters. The van der Waals surface area contributed by atoms with E-state index in [9.17, 15) is 18.0 Å². The summed E-state index contributed by atoms with van der Waals surface area (Å²) in [6.07, 6.45) is -3.62. The number of hydrogen-bond donors (Lipinski definition) is 1. The molecular weight excluding hydrogens is 293 g/mol. The van der Waals surface area contributed by atoms with Crippen molar-refractivity contribution in [2.24, 2.45) is 0 Å². The van der Waals surface area contributed by atoms with Gasteiger partial charge in [0.25, 0.3) is 0 Å². The number of carbonyl (C=O) groups is 1. The molecule has 0 aliphatic rings. The minimum atomic E-state index is -4.69. The van der Waals surface area contributed by atoms with E-state index in [1.807, 2.05) is 0 Å². The quantitative estimate of drug-likeness (QED) is 0.921. The summed E-state index contributed by atoms with van der Waals surface area (Å²) in [4.78, 5) is 18.2. The molecule has 10 heteroatoms. The standard InChI is InChI=1S/C11H9F3N4O3/c1-21-4-8-15-5-18(17-8)9-6(10(19)20)2-3-7(16-9)11(12,13)14/h2-3,5H,4H2,1H3,(H,19,20). The van der Waals surface area contributed by atoms with Crippen LogP contribution < -0.4 is 0 Å². The molecule has 0 aliphatic carbocycles. The van der Waals surface area contributed by atoms with Crippen molar-refractivity contribution in [3.8, 4) is 5.82 Å². The predicted molar refractivity (Wildman–Crippen MR) is 61.8 cm³/mol. The number of methoxy groups -OCH3 is 1. The molecule has 2 rings (SSSR count). The molecule has 0 unspecified atom stereocenters. The number of aromatic nitrogens is 4. The number of pyridine rings is 1. The highest BCUT2D eigenvalue weighted by atomic mass is 19.4. The highest BCUT2D eigenvalue weighted by molar-refractivity contribution is 5.91. The molecule has 112 valence electrons. The zero-order valence-electron chi connectivity index (χ0n) is 10.6. The van der Waals surface area contributed by atoms with Crippen LogP contribution in [-0.4, -0.2) is 37.9 Å². The first kappa shape index (κ1) is 14.9. The Bertz CT molecular complexity index is 669. The SMILES string of the molecule is COCc1ncn(-c2nc(C(F)(F)F)ccc2C(=O)O)n1. The minimum absolute atomic E-state index is 0.0361. The van der Waals surface area contributed by atoms with Crippen molar-refractivity contribution in [3.63, 3.8) is 0 Å². The molecule has 1 N–H and O–H groups in total. The predicted octanol–water partition coefficient (Wildman–Crippen LogP) is 1.53. The van der Waals surface area contributed by atoms with Gasteiger partial charge in [0.2, 0.25) is 0 Å². The first-order chi connectivity index (χ1) is 9.82. The van der Waals surface area contributed by atoms with Gasteiger partial charge in [-0.1, -0.05) is 0 Å². The number of hydrogen-bond acceptors (Lipinski definition) is 5. The molecule has 0 radical (unpaired) electrons. The van der Waals surface area contributed by atoms with Crippen LogP contribution >= 0.6 is 0 Å². The molecule has 0 aliphatic heterocycles. The second-order valence-electron chi connectivity index (χ2n) is 3.91. The Morgan fingerprint density at radius 3 is 2.71 bits per heavy atom. The third kappa shape index (κ3) is 3.16. The monoisotopic (exact) mass is 302 g/mol. The van der Waals surface area contributed by atoms with E-state index in [1.165, 1.54) is 7.11 Å². The van der Waals surface area contributed by atoms with Crippen molar-refractivity contribution in [3.05, 3.63) is 35.5 Å². The van der Waals surface area contributed by atoms with Gasteiger partial charge < -0.3 is 9.84 Å². The van der Waals surface area contributed by atoms with Crippen LogP contribution in [0.25, 0.3) is 5.82 Å². The van der Waals surface area contributed by atoms with Crippen molar-refractivity contribution < 1.29 is 27.8 Å². The molecule has 7 nitrogen and oxygen atoms in total. The number of aromatic carboxylic acids is 1. The Hall–Kier alpha value is -2.49. The Kier molecular flexibility index (Phi) is 3.89. The summed E-state index contributed by atoms with van der Waals surface area (Å²) >= 11 is 0. The third-order valence-electron chi connectivity index (χ3n) is 2.43. The minimum Gasteiger partial charge on any atom is -0.478 e. The highest BCUT2D eigenvalue weighted by Gasteiger charge is 2.34. The van der Waals surface area contributed by atoms with Crippen molar-refractivity contribution >= 4 is 5.97 Å². The van der Waals surface area contributed by atoms with Crippen LogP contribution in [0.5, 0.6) is 0 Å². The summed E-state index contributed by atoms with van der Waals surface area (Å²) in [7, 11) is 1.39. The van der Waals surface area contributed by atoms with E-state index in [-0.39, 0.29) is 12.4 Å². The smallest absolute Gasteiger partial charge is 0.433 e. The van der Waals surface area contributed by atoms with Gasteiger partial charge in [0.1, 0.15) is 24.2 Å². The number of alkyl halides is 3. The molecule has 0 fully saturated rings. The zero-order chi connectivity index (χ0) is 15.6. The summed E-state index contributed by atoms with van der Waals surface area (Å²) in [5, 5.41) is 12.8. The summed E-state index contributed by atoms with van der Waals surface area (Å²) < 4.78 is 43.6. The summed E-state index contributed by atoms with van der Waals surface area (Å²) in [6.45, 7) is 0.0361. The average molecular weight is 302 g/mol. The Morgan fingerprint density at radius 2 is 2.14 bits per heavy atom. The fourth-order valence-electron chi connectivity index (χ4n) is 1.54. The van der Waals surface area contributed by atoms with E-state index in [0.717, 1.165) is 17.1 Å². The van der Waals surface area contributed by atoms with Gasteiger partial charge in [0, 0.05) is 7.11 Å². The largest absolute Gasteiger partial charge is 0.478 e. The van der Waals surface area contributed by atoms with Crippen LogP contribution in [0.1, 0.15) is 21.9 Å². The van der Waals surface area contributed by atoms with Gasteiger partial charge in [-0.2, -0.15) is 13.2 Å². The first-order valence-corrected chi connectivity index (χ1v) is 5.54. The Balaban J connectivity index is 2.54. The molecule has 2 aromatic heterocycles. The number of carboxylic acid groups (broad SMARTS) is 1. The second kappa shape index (κ2) is 5.48. The van der Waals surface area contributed by atoms with Gasteiger partial charge in [-0.05, 0) is 12.1 Å². The Morgan fingerprint density at radius 1 is 1.43 bits per heavy atom. The molecule has 0 saturated heterocycles. The van der Waals surface area contributed by atoms with Gasteiger partial charge in [-0.3, -0.25) is 0 Å². The van der Waals surface area contributed by atoms with E-state index in [4.69, 9.17) is 9.84 Å². The molecule has 0 amide bonds. The van der Waals surface area contributed by atoms with E-state index in [2.05, 4.69) is 15.1 Å². The third-order valence-corrected chi connectivity index (χ3v) is 2.43. The number of nitrogens with zero attached hydrogens (tertiary/aromatic N) is 4. The lowest BCUT2D eigenvalue weighted by Crippen LogP contribution is -2.15. The van der Waals surface area contributed by atoms with E-state index in [0.29, 0.717) is 6.07 Å². The van der Waals surface area contributed by atoms with Crippen molar-refractivity contribution in [1.29, 1.82) is 0 Å². The maximum Gasteiger partial charge on any atom is 0.433 e. The number of halogens is 3. The molecule has 2 heterocycles. The molecule has 21 heavy (non-hydrogen) atoms.